The normalized spacial score (nSPS) is 11.0. The Balaban J connectivity index is 1.43. The van der Waals surface area contributed by atoms with E-state index in [9.17, 15) is 14.0 Å². The summed E-state index contributed by atoms with van der Waals surface area (Å²) in [6, 6.07) is 11.6. The molecule has 0 bridgehead atoms. The molecule has 146 valence electrons. The van der Waals surface area contributed by atoms with Gasteiger partial charge in [-0.25, -0.2) is 14.4 Å². The van der Waals surface area contributed by atoms with Gasteiger partial charge in [-0.2, -0.15) is 0 Å². The fourth-order valence-electron chi connectivity index (χ4n) is 3.01. The van der Waals surface area contributed by atoms with Gasteiger partial charge in [0.2, 0.25) is 5.91 Å². The SMILES string of the molecule is Cc1cccc2c(=O)n(CCC(=O)Nc3nc(-c4cccc(F)c4)cs3)cnc12. The summed E-state index contributed by atoms with van der Waals surface area (Å²) in [6.45, 7) is 2.11. The van der Waals surface area contributed by atoms with Crippen molar-refractivity contribution < 1.29 is 9.18 Å². The Morgan fingerprint density at radius 1 is 1.24 bits per heavy atom. The fraction of sp³-hybridized carbons (Fsp3) is 0.143. The van der Waals surface area contributed by atoms with Crippen molar-refractivity contribution in [3.63, 3.8) is 0 Å². The molecular weight excluding hydrogens is 391 g/mol. The molecule has 0 fully saturated rings. The largest absolute Gasteiger partial charge is 0.302 e. The number of para-hydroxylation sites is 1. The van der Waals surface area contributed by atoms with Gasteiger partial charge in [0.1, 0.15) is 5.82 Å². The first-order chi connectivity index (χ1) is 14.0. The molecule has 0 aliphatic carbocycles. The monoisotopic (exact) mass is 408 g/mol. The van der Waals surface area contributed by atoms with Gasteiger partial charge >= 0.3 is 0 Å². The summed E-state index contributed by atoms with van der Waals surface area (Å²) >= 11 is 1.26. The van der Waals surface area contributed by atoms with Crippen molar-refractivity contribution in [3.05, 3.63) is 75.9 Å². The highest BCUT2D eigenvalue weighted by Gasteiger charge is 2.11. The summed E-state index contributed by atoms with van der Waals surface area (Å²) in [5, 5.41) is 5.44. The Morgan fingerprint density at radius 2 is 2.07 bits per heavy atom. The first-order valence-electron chi connectivity index (χ1n) is 8.97. The van der Waals surface area contributed by atoms with E-state index in [-0.39, 0.29) is 30.2 Å². The van der Waals surface area contributed by atoms with Crippen molar-refractivity contribution in [1.29, 1.82) is 0 Å². The molecule has 0 unspecified atom stereocenters. The minimum absolute atomic E-state index is 0.105. The Hall–Kier alpha value is -3.39. The number of carbonyl (C=O) groups is 1. The van der Waals surface area contributed by atoms with E-state index in [0.29, 0.717) is 27.3 Å². The molecule has 0 saturated carbocycles. The third kappa shape index (κ3) is 4.07. The zero-order valence-electron chi connectivity index (χ0n) is 15.6. The lowest BCUT2D eigenvalue weighted by atomic mass is 10.1. The quantitative estimate of drug-likeness (QED) is 0.542. The Bertz CT molecular complexity index is 1270. The van der Waals surface area contributed by atoms with Crippen molar-refractivity contribution in [3.8, 4) is 11.3 Å². The highest BCUT2D eigenvalue weighted by Crippen LogP contribution is 2.25. The average Bonchev–Trinajstić information content (AvgIpc) is 3.16. The maximum absolute atomic E-state index is 13.4. The van der Waals surface area contributed by atoms with E-state index in [1.165, 1.54) is 34.4 Å². The second-order valence-electron chi connectivity index (χ2n) is 6.56. The molecule has 0 aliphatic heterocycles. The van der Waals surface area contributed by atoms with Gasteiger partial charge in [0.15, 0.2) is 5.13 Å². The molecule has 8 heteroatoms. The maximum atomic E-state index is 13.4. The lowest BCUT2D eigenvalue weighted by Crippen LogP contribution is -2.23. The summed E-state index contributed by atoms with van der Waals surface area (Å²) in [5.74, 6) is -0.605. The minimum atomic E-state index is -0.342. The van der Waals surface area contributed by atoms with Crippen LogP contribution < -0.4 is 10.9 Å². The van der Waals surface area contributed by atoms with Gasteiger partial charge in [0, 0.05) is 23.9 Å². The van der Waals surface area contributed by atoms with E-state index in [1.807, 2.05) is 19.1 Å². The van der Waals surface area contributed by atoms with Crippen molar-refractivity contribution in [2.45, 2.75) is 19.9 Å². The standard InChI is InChI=1S/C21H17FN4O2S/c1-13-4-2-7-16-19(13)23-12-26(20(16)28)9-8-18(27)25-21-24-17(11-29-21)14-5-3-6-15(22)10-14/h2-7,10-12H,8-9H2,1H3,(H,24,25,27). The van der Waals surface area contributed by atoms with E-state index in [4.69, 9.17) is 0 Å². The van der Waals surface area contributed by atoms with E-state index >= 15 is 0 Å². The number of hydrogen-bond acceptors (Lipinski definition) is 5. The second-order valence-corrected chi connectivity index (χ2v) is 7.42. The predicted molar refractivity (Wildman–Crippen MR) is 111 cm³/mol. The molecule has 2 heterocycles. The molecular formula is C21H17FN4O2S. The van der Waals surface area contributed by atoms with E-state index in [0.717, 1.165) is 5.56 Å². The topological polar surface area (TPSA) is 76.9 Å². The first kappa shape index (κ1) is 18.9. The second kappa shape index (κ2) is 7.92. The van der Waals surface area contributed by atoms with E-state index < -0.39 is 0 Å². The third-order valence-electron chi connectivity index (χ3n) is 4.51. The molecule has 2 aromatic carbocycles. The number of aryl methyl sites for hydroxylation is 2. The number of amides is 1. The number of thiazole rings is 1. The van der Waals surface area contributed by atoms with Crippen LogP contribution in [0.25, 0.3) is 22.2 Å². The van der Waals surface area contributed by atoms with Crippen LogP contribution in [-0.2, 0) is 11.3 Å². The molecule has 0 saturated heterocycles. The van der Waals surface area contributed by atoms with Crippen LogP contribution >= 0.6 is 11.3 Å². The number of carbonyl (C=O) groups excluding carboxylic acids is 1. The van der Waals surface area contributed by atoms with Gasteiger partial charge < -0.3 is 5.32 Å². The van der Waals surface area contributed by atoms with Crippen molar-refractivity contribution >= 4 is 33.3 Å². The summed E-state index contributed by atoms with van der Waals surface area (Å²) in [7, 11) is 0. The molecule has 0 aliphatic rings. The summed E-state index contributed by atoms with van der Waals surface area (Å²) in [4.78, 5) is 33.5. The maximum Gasteiger partial charge on any atom is 0.261 e. The molecule has 0 atom stereocenters. The van der Waals surface area contributed by atoms with Gasteiger partial charge in [-0.05, 0) is 30.7 Å². The Morgan fingerprint density at radius 3 is 2.90 bits per heavy atom. The molecule has 2 aromatic heterocycles. The number of benzene rings is 2. The van der Waals surface area contributed by atoms with Crippen LogP contribution in [0.5, 0.6) is 0 Å². The Kier molecular flexibility index (Phi) is 5.18. The zero-order valence-corrected chi connectivity index (χ0v) is 16.4. The lowest BCUT2D eigenvalue weighted by Gasteiger charge is -2.07. The van der Waals surface area contributed by atoms with Gasteiger partial charge in [-0.1, -0.05) is 24.3 Å². The van der Waals surface area contributed by atoms with Crippen LogP contribution in [0.2, 0.25) is 0 Å². The van der Waals surface area contributed by atoms with Gasteiger partial charge in [0.05, 0.1) is 22.9 Å². The highest BCUT2D eigenvalue weighted by molar-refractivity contribution is 7.14. The van der Waals surface area contributed by atoms with Crippen LogP contribution in [-0.4, -0.2) is 20.4 Å². The number of nitrogens with zero attached hydrogens (tertiary/aromatic N) is 3. The van der Waals surface area contributed by atoms with Crippen LogP contribution in [0.1, 0.15) is 12.0 Å². The molecule has 29 heavy (non-hydrogen) atoms. The summed E-state index contributed by atoms with van der Waals surface area (Å²) < 4.78 is 14.8. The van der Waals surface area contributed by atoms with Crippen LogP contribution in [0.4, 0.5) is 9.52 Å². The summed E-state index contributed by atoms with van der Waals surface area (Å²) in [6.07, 6.45) is 1.57. The number of aromatic nitrogens is 3. The van der Waals surface area contributed by atoms with E-state index in [1.54, 1.807) is 23.6 Å². The van der Waals surface area contributed by atoms with Crippen LogP contribution in [0.15, 0.2) is 59.0 Å². The van der Waals surface area contributed by atoms with Crippen LogP contribution in [0, 0.1) is 12.7 Å². The number of halogens is 1. The lowest BCUT2D eigenvalue weighted by molar-refractivity contribution is -0.116. The van der Waals surface area contributed by atoms with Crippen molar-refractivity contribution in [2.24, 2.45) is 0 Å². The summed E-state index contributed by atoms with van der Waals surface area (Å²) in [5.41, 5.74) is 2.67. The third-order valence-corrected chi connectivity index (χ3v) is 5.26. The molecule has 1 N–H and O–H groups in total. The van der Waals surface area contributed by atoms with Crippen molar-refractivity contribution in [2.75, 3.05) is 5.32 Å². The minimum Gasteiger partial charge on any atom is -0.302 e. The number of rotatable bonds is 5. The van der Waals surface area contributed by atoms with Crippen LogP contribution in [0.3, 0.4) is 0 Å². The zero-order chi connectivity index (χ0) is 20.4. The molecule has 4 rings (SSSR count). The fourth-order valence-corrected chi connectivity index (χ4v) is 3.75. The molecule has 0 radical (unpaired) electrons. The Labute approximate surface area is 169 Å². The average molecular weight is 408 g/mol. The highest BCUT2D eigenvalue weighted by atomic mass is 32.1. The van der Waals surface area contributed by atoms with Gasteiger partial charge in [0.25, 0.3) is 5.56 Å². The van der Waals surface area contributed by atoms with Gasteiger partial charge in [-0.15, -0.1) is 11.3 Å². The predicted octanol–water partition coefficient (Wildman–Crippen LogP) is 4.00. The number of anilines is 1. The number of hydrogen-bond donors (Lipinski definition) is 1. The first-order valence-corrected chi connectivity index (χ1v) is 9.85. The smallest absolute Gasteiger partial charge is 0.261 e. The molecule has 4 aromatic rings. The molecule has 1 amide bonds. The number of fused-ring (bicyclic) bond motifs is 1. The van der Waals surface area contributed by atoms with Crippen molar-refractivity contribution in [1.82, 2.24) is 14.5 Å². The molecule has 6 nitrogen and oxygen atoms in total. The number of nitrogens with one attached hydrogen (secondary N) is 1. The molecule has 0 spiro atoms. The van der Waals surface area contributed by atoms with Gasteiger partial charge in [-0.3, -0.25) is 14.2 Å². The van der Waals surface area contributed by atoms with E-state index in [2.05, 4.69) is 15.3 Å².